The number of carbonyl (C=O) groups is 1. The average Bonchev–Trinajstić information content (AvgIpc) is 2.70. The van der Waals surface area contributed by atoms with Crippen molar-refractivity contribution in [2.45, 2.75) is 33.9 Å². The number of halogens is 1. The Balaban J connectivity index is 1.90. The van der Waals surface area contributed by atoms with Crippen molar-refractivity contribution in [1.82, 2.24) is 15.3 Å². The second kappa shape index (κ2) is 9.36. The van der Waals surface area contributed by atoms with Crippen LogP contribution in [0.3, 0.4) is 0 Å². The number of nitrogens with one attached hydrogen (secondary N) is 1. The molecule has 0 aliphatic carbocycles. The number of para-hydroxylation sites is 1. The highest BCUT2D eigenvalue weighted by atomic mass is 35.5. The molecule has 0 fully saturated rings. The highest BCUT2D eigenvalue weighted by Gasteiger charge is 2.14. The van der Waals surface area contributed by atoms with Crippen LogP contribution in [0, 0.1) is 12.8 Å². The van der Waals surface area contributed by atoms with E-state index in [1.807, 2.05) is 45.0 Å². The van der Waals surface area contributed by atoms with E-state index in [0.717, 1.165) is 27.8 Å². The lowest BCUT2D eigenvalue weighted by atomic mass is 10.1. The number of fused-ring (bicyclic) bond motifs is 1. The number of hydrogen-bond donors (Lipinski definition) is 2. The maximum atomic E-state index is 11.9. The molecule has 3 N–H and O–H groups in total. The minimum absolute atomic E-state index is 0.0409. The number of aryl methyl sites for hydroxylation is 1. The van der Waals surface area contributed by atoms with E-state index in [-0.39, 0.29) is 18.4 Å². The van der Waals surface area contributed by atoms with Crippen molar-refractivity contribution in [3.8, 4) is 5.75 Å². The van der Waals surface area contributed by atoms with Crippen LogP contribution in [0.5, 0.6) is 5.75 Å². The number of nitrogens with zero attached hydrogens (tertiary/aromatic N) is 2. The van der Waals surface area contributed by atoms with Crippen molar-refractivity contribution in [1.29, 1.82) is 0 Å². The Morgan fingerprint density at radius 3 is 2.80 bits per heavy atom. The molecule has 30 heavy (non-hydrogen) atoms. The van der Waals surface area contributed by atoms with Crippen LogP contribution >= 0.6 is 23.8 Å². The van der Waals surface area contributed by atoms with Gasteiger partial charge in [-0.2, -0.15) is 0 Å². The van der Waals surface area contributed by atoms with E-state index in [2.05, 4.69) is 15.3 Å². The first kappa shape index (κ1) is 21.9. The van der Waals surface area contributed by atoms with Gasteiger partial charge >= 0.3 is 0 Å². The van der Waals surface area contributed by atoms with E-state index < -0.39 is 0 Å². The topological polar surface area (TPSA) is 90.1 Å². The third kappa shape index (κ3) is 4.86. The summed E-state index contributed by atoms with van der Waals surface area (Å²) in [5.74, 6) is 0.448. The average molecular weight is 443 g/mol. The molecule has 0 aliphatic heterocycles. The zero-order chi connectivity index (χ0) is 21.8. The summed E-state index contributed by atoms with van der Waals surface area (Å²) in [7, 11) is 0. The monoisotopic (exact) mass is 442 g/mol. The molecule has 0 atom stereocenters. The van der Waals surface area contributed by atoms with Gasteiger partial charge in [-0.25, -0.2) is 4.98 Å². The van der Waals surface area contributed by atoms with E-state index in [1.54, 1.807) is 12.4 Å². The Hall–Kier alpha value is -2.77. The minimum Gasteiger partial charge on any atom is -0.487 e. The van der Waals surface area contributed by atoms with Crippen molar-refractivity contribution in [2.75, 3.05) is 0 Å². The summed E-state index contributed by atoms with van der Waals surface area (Å²) in [6.07, 6.45) is 3.24. The van der Waals surface area contributed by atoms with Crippen molar-refractivity contribution in [3.63, 3.8) is 0 Å². The van der Waals surface area contributed by atoms with E-state index in [1.165, 1.54) is 0 Å². The lowest BCUT2D eigenvalue weighted by molar-refractivity contribution is -0.124. The number of hydrogen-bond acceptors (Lipinski definition) is 5. The normalized spacial score (nSPS) is 11.0. The van der Waals surface area contributed by atoms with Crippen LogP contribution in [0.1, 0.15) is 36.2 Å². The van der Waals surface area contributed by atoms with Crippen molar-refractivity contribution in [2.24, 2.45) is 11.7 Å². The molecule has 2 aromatic heterocycles. The van der Waals surface area contributed by atoms with Gasteiger partial charge in [0.05, 0.1) is 5.02 Å². The number of aromatic nitrogens is 2. The first-order chi connectivity index (χ1) is 14.3. The molecule has 1 aromatic carbocycles. The van der Waals surface area contributed by atoms with Crippen LogP contribution < -0.4 is 15.8 Å². The molecule has 0 aliphatic rings. The quantitative estimate of drug-likeness (QED) is 0.536. The maximum Gasteiger partial charge on any atom is 0.222 e. The van der Waals surface area contributed by atoms with Crippen LogP contribution in [0.25, 0.3) is 10.9 Å². The van der Waals surface area contributed by atoms with E-state index in [0.29, 0.717) is 27.8 Å². The second-order valence-electron chi connectivity index (χ2n) is 7.25. The molecule has 2 heterocycles. The summed E-state index contributed by atoms with van der Waals surface area (Å²) in [6.45, 7) is 6.08. The Morgan fingerprint density at radius 2 is 2.10 bits per heavy atom. The summed E-state index contributed by atoms with van der Waals surface area (Å²) < 4.78 is 6.10. The summed E-state index contributed by atoms with van der Waals surface area (Å²) in [5, 5.41) is 4.19. The van der Waals surface area contributed by atoms with Crippen LogP contribution in [-0.2, 0) is 17.9 Å². The molecular weight excluding hydrogens is 420 g/mol. The fourth-order valence-corrected chi connectivity index (χ4v) is 3.42. The maximum absolute atomic E-state index is 11.9. The first-order valence-electron chi connectivity index (χ1n) is 9.50. The number of thiocarbonyl (C=S) groups is 1. The molecule has 1 amide bonds. The third-order valence-corrected chi connectivity index (χ3v) is 5.19. The second-order valence-corrected chi connectivity index (χ2v) is 8.09. The molecule has 8 heteroatoms. The smallest absolute Gasteiger partial charge is 0.222 e. The molecule has 0 saturated carbocycles. The molecular formula is C22H23ClN4O2S. The van der Waals surface area contributed by atoms with Gasteiger partial charge in [-0.1, -0.05) is 49.8 Å². The van der Waals surface area contributed by atoms with Gasteiger partial charge in [-0.3, -0.25) is 9.78 Å². The van der Waals surface area contributed by atoms with Gasteiger partial charge < -0.3 is 15.8 Å². The van der Waals surface area contributed by atoms with E-state index in [9.17, 15) is 4.79 Å². The molecule has 3 aromatic rings. The number of benzene rings is 1. The number of carbonyl (C=O) groups excluding carboxylic acids is 1. The molecule has 0 unspecified atom stereocenters. The lowest BCUT2D eigenvalue weighted by Gasteiger charge is -2.15. The van der Waals surface area contributed by atoms with Gasteiger partial charge in [0, 0.05) is 47.1 Å². The fourth-order valence-electron chi connectivity index (χ4n) is 3.02. The highest BCUT2D eigenvalue weighted by Crippen LogP contribution is 2.29. The van der Waals surface area contributed by atoms with E-state index in [4.69, 9.17) is 34.3 Å². The standard InChI is InChI=1S/C22H23ClN4O2S/c1-12(2)22(28)26-9-14-8-25-10-18(23)17(14)11-29-19-6-4-5-15-16(21(24)30)7-13(3)27-20(15)19/h4-8,10,12H,9,11H2,1-3H3,(H2,24,30)(H,26,28). The van der Waals surface area contributed by atoms with E-state index >= 15 is 0 Å². The van der Waals surface area contributed by atoms with Gasteiger partial charge in [0.2, 0.25) is 5.91 Å². The molecule has 0 spiro atoms. The van der Waals surface area contributed by atoms with Gasteiger partial charge in [-0.05, 0) is 24.6 Å². The number of amides is 1. The van der Waals surface area contributed by atoms with Gasteiger partial charge in [0.15, 0.2) is 0 Å². The van der Waals surface area contributed by atoms with Crippen LogP contribution in [0.4, 0.5) is 0 Å². The zero-order valence-corrected chi connectivity index (χ0v) is 18.6. The van der Waals surface area contributed by atoms with Crippen molar-refractivity contribution >= 4 is 45.6 Å². The van der Waals surface area contributed by atoms with Crippen LogP contribution in [0.15, 0.2) is 36.7 Å². The molecule has 0 radical (unpaired) electrons. The Kier molecular flexibility index (Phi) is 6.84. The van der Waals surface area contributed by atoms with Gasteiger partial charge in [0.1, 0.15) is 22.9 Å². The van der Waals surface area contributed by atoms with Crippen molar-refractivity contribution < 1.29 is 9.53 Å². The van der Waals surface area contributed by atoms with Gasteiger partial charge in [0.25, 0.3) is 0 Å². The summed E-state index contributed by atoms with van der Waals surface area (Å²) >= 11 is 11.6. The summed E-state index contributed by atoms with van der Waals surface area (Å²) in [6, 6.07) is 7.49. The van der Waals surface area contributed by atoms with Crippen molar-refractivity contribution in [3.05, 3.63) is 64.1 Å². The number of nitrogens with two attached hydrogens (primary N) is 1. The number of pyridine rings is 2. The molecule has 0 bridgehead atoms. The lowest BCUT2D eigenvalue weighted by Crippen LogP contribution is -2.27. The molecule has 0 saturated heterocycles. The highest BCUT2D eigenvalue weighted by molar-refractivity contribution is 7.80. The first-order valence-corrected chi connectivity index (χ1v) is 10.3. The fraction of sp³-hybridized carbons (Fsp3) is 0.273. The van der Waals surface area contributed by atoms with Gasteiger partial charge in [-0.15, -0.1) is 0 Å². The zero-order valence-electron chi connectivity index (χ0n) is 17.0. The molecule has 3 rings (SSSR count). The molecule has 6 nitrogen and oxygen atoms in total. The Bertz CT molecular complexity index is 1120. The Morgan fingerprint density at radius 1 is 1.33 bits per heavy atom. The predicted molar refractivity (Wildman–Crippen MR) is 123 cm³/mol. The molecule has 156 valence electrons. The Labute approximate surface area is 185 Å². The SMILES string of the molecule is Cc1cc(C(N)=S)c2cccc(OCc3c(Cl)cncc3CNC(=O)C(C)C)c2n1. The number of rotatable bonds is 7. The van der Waals surface area contributed by atoms with Crippen LogP contribution in [0.2, 0.25) is 5.02 Å². The van der Waals surface area contributed by atoms with Crippen LogP contribution in [-0.4, -0.2) is 20.9 Å². The summed E-state index contributed by atoms with van der Waals surface area (Å²) in [4.78, 5) is 21.0. The number of ether oxygens (including phenoxy) is 1. The predicted octanol–water partition coefficient (Wildman–Crippen LogP) is 4.08. The minimum atomic E-state index is -0.107. The summed E-state index contributed by atoms with van der Waals surface area (Å²) in [5.41, 5.74) is 9.68. The third-order valence-electron chi connectivity index (χ3n) is 4.64. The largest absolute Gasteiger partial charge is 0.487 e.